The number of hydrogen-bond donors (Lipinski definition) is 2. The van der Waals surface area contributed by atoms with E-state index in [9.17, 15) is 4.79 Å². The molecule has 11 heavy (non-hydrogen) atoms. The first kappa shape index (κ1) is 8.33. The topological polar surface area (TPSA) is 60.8 Å². The van der Waals surface area contributed by atoms with Crippen LogP contribution in [-0.2, 0) is 0 Å². The molecule has 1 aliphatic heterocycles. The summed E-state index contributed by atoms with van der Waals surface area (Å²) < 4.78 is 0. The van der Waals surface area contributed by atoms with E-state index in [4.69, 9.17) is 10.2 Å². The Kier molecular flexibility index (Phi) is 2.70. The molecule has 0 saturated carbocycles. The lowest BCUT2D eigenvalue weighted by atomic mass is 10.2. The highest BCUT2D eigenvalue weighted by molar-refractivity contribution is 5.64. The number of carboxylic acid groups (broad SMARTS) is 1. The third kappa shape index (κ3) is 2.38. The highest BCUT2D eigenvalue weighted by Gasteiger charge is 2.17. The first-order chi connectivity index (χ1) is 5.20. The molecule has 1 atom stereocenters. The molecule has 0 aliphatic carbocycles. The van der Waals surface area contributed by atoms with Crippen LogP contribution >= 0.6 is 0 Å². The maximum Gasteiger partial charge on any atom is 0.407 e. The van der Waals surface area contributed by atoms with Crippen molar-refractivity contribution in [1.29, 1.82) is 0 Å². The molecule has 64 valence electrons. The van der Waals surface area contributed by atoms with Crippen molar-refractivity contribution in [1.82, 2.24) is 4.90 Å². The first-order valence-electron chi connectivity index (χ1n) is 3.86. The Morgan fingerprint density at radius 2 is 2.09 bits per heavy atom. The van der Waals surface area contributed by atoms with Gasteiger partial charge in [-0.3, -0.25) is 0 Å². The summed E-state index contributed by atoms with van der Waals surface area (Å²) in [4.78, 5) is 11.8. The minimum atomic E-state index is -0.876. The molecule has 0 aromatic heterocycles. The summed E-state index contributed by atoms with van der Waals surface area (Å²) in [5.74, 6) is 0. The normalized spacial score (nSPS) is 26.3. The summed E-state index contributed by atoms with van der Waals surface area (Å²) in [7, 11) is 0. The van der Waals surface area contributed by atoms with Crippen molar-refractivity contribution in [3.8, 4) is 0 Å². The zero-order valence-electron chi connectivity index (χ0n) is 6.36. The average molecular weight is 159 g/mol. The SMILES string of the molecule is O=C(O)N1CCC[C@H](O)CC1. The number of aliphatic hydroxyl groups excluding tert-OH is 1. The molecule has 0 unspecified atom stereocenters. The van der Waals surface area contributed by atoms with E-state index >= 15 is 0 Å². The van der Waals surface area contributed by atoms with Gasteiger partial charge >= 0.3 is 6.09 Å². The predicted molar refractivity (Wildman–Crippen MR) is 39.5 cm³/mol. The number of nitrogens with zero attached hydrogens (tertiary/aromatic N) is 1. The Labute approximate surface area is 65.4 Å². The minimum absolute atomic E-state index is 0.306. The highest BCUT2D eigenvalue weighted by Crippen LogP contribution is 2.10. The molecule has 0 aromatic rings. The van der Waals surface area contributed by atoms with E-state index in [1.807, 2.05) is 0 Å². The molecular formula is C7H13NO3. The summed E-state index contributed by atoms with van der Waals surface area (Å²) in [5, 5.41) is 17.8. The maximum atomic E-state index is 10.5. The zero-order valence-corrected chi connectivity index (χ0v) is 6.36. The molecule has 0 spiro atoms. The Morgan fingerprint density at radius 1 is 1.36 bits per heavy atom. The third-order valence-electron chi connectivity index (χ3n) is 1.97. The van der Waals surface area contributed by atoms with Crippen molar-refractivity contribution in [2.75, 3.05) is 13.1 Å². The van der Waals surface area contributed by atoms with Crippen LogP contribution in [0.5, 0.6) is 0 Å². The molecule has 4 nitrogen and oxygen atoms in total. The minimum Gasteiger partial charge on any atom is -0.465 e. The van der Waals surface area contributed by atoms with E-state index in [-0.39, 0.29) is 6.10 Å². The molecule has 1 rings (SSSR count). The van der Waals surface area contributed by atoms with Gasteiger partial charge in [-0.25, -0.2) is 4.79 Å². The van der Waals surface area contributed by atoms with Gasteiger partial charge in [-0.15, -0.1) is 0 Å². The van der Waals surface area contributed by atoms with Gasteiger partial charge in [-0.1, -0.05) is 0 Å². The van der Waals surface area contributed by atoms with Gasteiger partial charge in [0.15, 0.2) is 0 Å². The molecule has 0 aromatic carbocycles. The van der Waals surface area contributed by atoms with E-state index in [1.165, 1.54) is 4.90 Å². The van der Waals surface area contributed by atoms with Gasteiger partial charge < -0.3 is 15.1 Å². The van der Waals surface area contributed by atoms with Crippen molar-refractivity contribution in [3.63, 3.8) is 0 Å². The molecule has 1 saturated heterocycles. The number of carbonyl (C=O) groups is 1. The number of likely N-dealkylation sites (tertiary alicyclic amines) is 1. The van der Waals surface area contributed by atoms with Gasteiger partial charge in [0.25, 0.3) is 0 Å². The quantitative estimate of drug-likeness (QED) is 0.541. The molecule has 0 bridgehead atoms. The summed E-state index contributed by atoms with van der Waals surface area (Å²) in [5.41, 5.74) is 0. The molecule has 1 fully saturated rings. The van der Waals surface area contributed by atoms with Crippen molar-refractivity contribution in [2.45, 2.75) is 25.4 Å². The Bertz CT molecular complexity index is 149. The average Bonchev–Trinajstić information content (AvgIpc) is 2.13. The second-order valence-electron chi connectivity index (χ2n) is 2.85. The Morgan fingerprint density at radius 3 is 2.73 bits per heavy atom. The fourth-order valence-corrected chi connectivity index (χ4v) is 1.27. The summed E-state index contributed by atoms with van der Waals surface area (Å²) in [6.07, 6.45) is 0.891. The molecule has 1 heterocycles. The summed E-state index contributed by atoms with van der Waals surface area (Å²) >= 11 is 0. The van der Waals surface area contributed by atoms with Crippen molar-refractivity contribution in [3.05, 3.63) is 0 Å². The Hall–Kier alpha value is -0.770. The van der Waals surface area contributed by atoms with Gasteiger partial charge in [0, 0.05) is 13.1 Å². The van der Waals surface area contributed by atoms with Gasteiger partial charge in [0.2, 0.25) is 0 Å². The van der Waals surface area contributed by atoms with Crippen molar-refractivity contribution < 1.29 is 15.0 Å². The summed E-state index contributed by atoms with van der Waals surface area (Å²) in [6, 6.07) is 0. The van der Waals surface area contributed by atoms with Crippen LogP contribution < -0.4 is 0 Å². The lowest BCUT2D eigenvalue weighted by molar-refractivity contribution is 0.137. The largest absolute Gasteiger partial charge is 0.465 e. The molecule has 1 amide bonds. The third-order valence-corrected chi connectivity index (χ3v) is 1.97. The van der Waals surface area contributed by atoms with E-state index in [0.717, 1.165) is 12.8 Å². The van der Waals surface area contributed by atoms with Crippen LogP contribution in [0.3, 0.4) is 0 Å². The van der Waals surface area contributed by atoms with Gasteiger partial charge in [-0.05, 0) is 19.3 Å². The van der Waals surface area contributed by atoms with Gasteiger partial charge in [-0.2, -0.15) is 0 Å². The number of rotatable bonds is 0. The zero-order chi connectivity index (χ0) is 8.27. The second-order valence-corrected chi connectivity index (χ2v) is 2.85. The van der Waals surface area contributed by atoms with Crippen LogP contribution in [0.1, 0.15) is 19.3 Å². The van der Waals surface area contributed by atoms with E-state index in [1.54, 1.807) is 0 Å². The van der Waals surface area contributed by atoms with E-state index in [0.29, 0.717) is 19.5 Å². The molecule has 1 aliphatic rings. The first-order valence-corrected chi connectivity index (χ1v) is 3.86. The predicted octanol–water partition coefficient (Wildman–Crippen LogP) is 0.511. The van der Waals surface area contributed by atoms with Crippen LogP contribution in [0.4, 0.5) is 4.79 Å². The van der Waals surface area contributed by atoms with Crippen LogP contribution in [0.2, 0.25) is 0 Å². The standard InChI is InChI=1S/C7H13NO3/c9-6-2-1-4-8(5-3-6)7(10)11/h6,9H,1-5H2,(H,10,11)/t6-/m0/s1. The molecule has 2 N–H and O–H groups in total. The van der Waals surface area contributed by atoms with Crippen LogP contribution in [-0.4, -0.2) is 40.4 Å². The van der Waals surface area contributed by atoms with Crippen molar-refractivity contribution >= 4 is 6.09 Å². The number of aliphatic hydroxyl groups is 1. The summed E-state index contributed by atoms with van der Waals surface area (Å²) in [6.45, 7) is 1.03. The number of amides is 1. The maximum absolute atomic E-state index is 10.5. The number of hydrogen-bond acceptors (Lipinski definition) is 2. The fourth-order valence-electron chi connectivity index (χ4n) is 1.27. The van der Waals surface area contributed by atoms with E-state index in [2.05, 4.69) is 0 Å². The van der Waals surface area contributed by atoms with Crippen LogP contribution in [0.15, 0.2) is 0 Å². The molecule has 0 radical (unpaired) electrons. The monoisotopic (exact) mass is 159 g/mol. The highest BCUT2D eigenvalue weighted by atomic mass is 16.4. The van der Waals surface area contributed by atoms with Gasteiger partial charge in [0.1, 0.15) is 0 Å². The lowest BCUT2D eigenvalue weighted by Crippen LogP contribution is -2.30. The second kappa shape index (κ2) is 3.57. The smallest absolute Gasteiger partial charge is 0.407 e. The fraction of sp³-hybridized carbons (Fsp3) is 0.857. The van der Waals surface area contributed by atoms with Gasteiger partial charge in [0.05, 0.1) is 6.10 Å². The van der Waals surface area contributed by atoms with E-state index < -0.39 is 6.09 Å². The molecule has 4 heteroatoms. The lowest BCUT2D eigenvalue weighted by Gasteiger charge is -2.15. The van der Waals surface area contributed by atoms with Crippen molar-refractivity contribution in [2.24, 2.45) is 0 Å². The van der Waals surface area contributed by atoms with Crippen LogP contribution in [0.25, 0.3) is 0 Å². The van der Waals surface area contributed by atoms with Crippen LogP contribution in [0, 0.1) is 0 Å². The molecular weight excluding hydrogens is 146 g/mol. The Balaban J connectivity index is 2.40.